The normalized spacial score (nSPS) is 18.4. The Morgan fingerprint density at radius 1 is 1.18 bits per heavy atom. The number of halogens is 1. The number of sulfonamides is 1. The SMILES string of the molecule is CC(=O)Nc1ccc(NS(C)(=O)=O)c(C(=O)N2CCC3(CCNC3)CC2)c1.Cl. The summed E-state index contributed by atoms with van der Waals surface area (Å²) in [5.74, 6) is -0.486. The Kier molecular flexibility index (Phi) is 6.95. The third kappa shape index (κ3) is 5.36. The number of hydrogen-bond donors (Lipinski definition) is 3. The summed E-state index contributed by atoms with van der Waals surface area (Å²) in [6.45, 7) is 4.68. The minimum absolute atomic E-state index is 0. The third-order valence-corrected chi connectivity index (χ3v) is 5.90. The Hall–Kier alpha value is -1.84. The van der Waals surface area contributed by atoms with Crippen LogP contribution in [0.3, 0.4) is 0 Å². The van der Waals surface area contributed by atoms with Crippen molar-refractivity contribution in [1.82, 2.24) is 10.2 Å². The average molecular weight is 431 g/mol. The summed E-state index contributed by atoms with van der Waals surface area (Å²) in [6.07, 6.45) is 4.05. The second-order valence-corrected chi connectivity index (χ2v) is 9.28. The van der Waals surface area contributed by atoms with E-state index in [1.54, 1.807) is 11.0 Å². The Labute approximate surface area is 171 Å². The molecule has 28 heavy (non-hydrogen) atoms. The maximum absolute atomic E-state index is 13.1. The van der Waals surface area contributed by atoms with Gasteiger partial charge in [0, 0.05) is 32.2 Å². The predicted molar refractivity (Wildman–Crippen MR) is 112 cm³/mol. The van der Waals surface area contributed by atoms with Gasteiger partial charge in [-0.3, -0.25) is 14.3 Å². The number of nitrogens with one attached hydrogen (secondary N) is 3. The maximum Gasteiger partial charge on any atom is 0.256 e. The summed E-state index contributed by atoms with van der Waals surface area (Å²) in [7, 11) is -3.53. The van der Waals surface area contributed by atoms with E-state index in [1.165, 1.54) is 19.1 Å². The van der Waals surface area contributed by atoms with Crippen LogP contribution in [0.2, 0.25) is 0 Å². The van der Waals surface area contributed by atoms with Gasteiger partial charge in [0.05, 0.1) is 17.5 Å². The lowest BCUT2D eigenvalue weighted by Gasteiger charge is -2.39. The molecule has 1 aromatic carbocycles. The first-order chi connectivity index (χ1) is 12.7. The highest BCUT2D eigenvalue weighted by atomic mass is 35.5. The van der Waals surface area contributed by atoms with Crippen LogP contribution in [-0.4, -0.2) is 57.6 Å². The minimum atomic E-state index is -3.53. The molecule has 2 heterocycles. The van der Waals surface area contributed by atoms with Crippen molar-refractivity contribution in [3.63, 3.8) is 0 Å². The number of rotatable bonds is 4. The largest absolute Gasteiger partial charge is 0.339 e. The van der Waals surface area contributed by atoms with E-state index in [2.05, 4.69) is 15.4 Å². The van der Waals surface area contributed by atoms with Crippen LogP contribution < -0.4 is 15.4 Å². The van der Waals surface area contributed by atoms with Crippen molar-refractivity contribution >= 4 is 45.6 Å². The van der Waals surface area contributed by atoms with Crippen LogP contribution in [0, 0.1) is 5.41 Å². The first-order valence-corrected chi connectivity index (χ1v) is 11.0. The van der Waals surface area contributed by atoms with E-state index in [1.807, 2.05) is 0 Å². The first kappa shape index (κ1) is 22.4. The summed E-state index contributed by atoms with van der Waals surface area (Å²) in [6, 6.07) is 4.60. The Balaban J connectivity index is 0.00000280. The molecule has 8 nitrogen and oxygen atoms in total. The Morgan fingerprint density at radius 3 is 2.39 bits per heavy atom. The fourth-order valence-corrected chi connectivity index (χ4v) is 4.45. The zero-order valence-electron chi connectivity index (χ0n) is 16.1. The molecule has 0 radical (unpaired) electrons. The standard InChI is InChI=1S/C18H26N4O4S.ClH/c1-13(23)20-14-3-4-16(21-27(2,25)26)15(11-14)17(24)22-9-6-18(7-10-22)5-8-19-12-18;/h3-4,11,19,21H,5-10,12H2,1-2H3,(H,20,23);1H. The lowest BCUT2D eigenvalue weighted by molar-refractivity contribution is -0.114. The monoisotopic (exact) mass is 430 g/mol. The fraction of sp³-hybridized carbons (Fsp3) is 0.556. The molecule has 0 bridgehead atoms. The van der Waals surface area contributed by atoms with Crippen molar-refractivity contribution in [2.24, 2.45) is 5.41 Å². The number of likely N-dealkylation sites (tertiary alicyclic amines) is 1. The fourth-order valence-electron chi connectivity index (χ4n) is 3.87. The van der Waals surface area contributed by atoms with Crippen LogP contribution in [0.5, 0.6) is 0 Å². The minimum Gasteiger partial charge on any atom is -0.339 e. The summed E-state index contributed by atoms with van der Waals surface area (Å²) >= 11 is 0. The van der Waals surface area contributed by atoms with Gasteiger partial charge >= 0.3 is 0 Å². The van der Waals surface area contributed by atoms with Crippen molar-refractivity contribution in [1.29, 1.82) is 0 Å². The Morgan fingerprint density at radius 2 is 1.86 bits per heavy atom. The highest BCUT2D eigenvalue weighted by molar-refractivity contribution is 7.92. The molecule has 0 aliphatic carbocycles. The molecular weight excluding hydrogens is 404 g/mol. The van der Waals surface area contributed by atoms with Gasteiger partial charge in [0.15, 0.2) is 0 Å². The lowest BCUT2D eigenvalue weighted by Crippen LogP contribution is -2.44. The summed E-state index contributed by atoms with van der Waals surface area (Å²) in [4.78, 5) is 26.2. The van der Waals surface area contributed by atoms with Crippen molar-refractivity contribution in [2.45, 2.75) is 26.2 Å². The van der Waals surface area contributed by atoms with Crippen molar-refractivity contribution in [3.8, 4) is 0 Å². The van der Waals surface area contributed by atoms with E-state index in [0.717, 1.165) is 38.6 Å². The van der Waals surface area contributed by atoms with Gasteiger partial charge in [0.25, 0.3) is 5.91 Å². The van der Waals surface area contributed by atoms with Crippen molar-refractivity contribution < 1.29 is 18.0 Å². The van der Waals surface area contributed by atoms with E-state index in [9.17, 15) is 18.0 Å². The van der Waals surface area contributed by atoms with Gasteiger partial charge in [-0.1, -0.05) is 0 Å². The van der Waals surface area contributed by atoms with E-state index in [4.69, 9.17) is 0 Å². The molecule has 2 amide bonds. The molecule has 0 unspecified atom stereocenters. The van der Waals surface area contributed by atoms with Crippen molar-refractivity contribution in [3.05, 3.63) is 23.8 Å². The van der Waals surface area contributed by atoms with Crippen LogP contribution in [0.25, 0.3) is 0 Å². The Bertz CT molecular complexity index is 843. The lowest BCUT2D eigenvalue weighted by atomic mass is 9.78. The van der Waals surface area contributed by atoms with Gasteiger partial charge in [0.1, 0.15) is 0 Å². The van der Waals surface area contributed by atoms with Crippen LogP contribution in [-0.2, 0) is 14.8 Å². The molecule has 3 rings (SSSR count). The molecule has 0 aromatic heterocycles. The van der Waals surface area contributed by atoms with E-state index >= 15 is 0 Å². The number of amides is 2. The van der Waals surface area contributed by atoms with Gasteiger partial charge in [-0.2, -0.15) is 0 Å². The zero-order chi connectivity index (χ0) is 19.7. The van der Waals surface area contributed by atoms with Crippen LogP contribution in [0.15, 0.2) is 18.2 Å². The molecule has 2 aliphatic heterocycles. The summed E-state index contributed by atoms with van der Waals surface area (Å²) in [5, 5.41) is 6.04. The van der Waals surface area contributed by atoms with Gasteiger partial charge in [-0.25, -0.2) is 8.42 Å². The van der Waals surface area contributed by atoms with Crippen LogP contribution >= 0.6 is 12.4 Å². The molecule has 10 heteroatoms. The van der Waals surface area contributed by atoms with Crippen molar-refractivity contribution in [2.75, 3.05) is 42.5 Å². The molecule has 156 valence electrons. The molecule has 3 N–H and O–H groups in total. The van der Waals surface area contributed by atoms with Gasteiger partial charge < -0.3 is 15.5 Å². The highest BCUT2D eigenvalue weighted by Gasteiger charge is 2.38. The number of carbonyl (C=O) groups is 2. The highest BCUT2D eigenvalue weighted by Crippen LogP contribution is 2.37. The average Bonchev–Trinajstić information content (AvgIpc) is 3.03. The smallest absolute Gasteiger partial charge is 0.256 e. The third-order valence-electron chi connectivity index (χ3n) is 5.31. The molecule has 0 saturated carbocycles. The molecule has 2 aliphatic rings. The van der Waals surface area contributed by atoms with Crippen LogP contribution in [0.4, 0.5) is 11.4 Å². The molecule has 1 spiro atoms. The number of anilines is 2. The maximum atomic E-state index is 13.1. The molecule has 2 fully saturated rings. The van der Waals surface area contributed by atoms with E-state index in [0.29, 0.717) is 18.8 Å². The van der Waals surface area contributed by atoms with Crippen LogP contribution in [0.1, 0.15) is 36.5 Å². The number of benzene rings is 1. The number of nitrogens with zero attached hydrogens (tertiary/aromatic N) is 1. The van der Waals surface area contributed by atoms with E-state index < -0.39 is 10.0 Å². The summed E-state index contributed by atoms with van der Waals surface area (Å²) in [5.41, 5.74) is 1.20. The number of piperidine rings is 1. The van der Waals surface area contributed by atoms with Gasteiger partial charge in [0.2, 0.25) is 15.9 Å². The molecule has 1 aromatic rings. The quantitative estimate of drug-likeness (QED) is 0.673. The molecule has 2 saturated heterocycles. The number of carbonyl (C=O) groups excluding carboxylic acids is 2. The molecule has 0 atom stereocenters. The van der Waals surface area contributed by atoms with E-state index in [-0.39, 0.29) is 40.9 Å². The van der Waals surface area contributed by atoms with Gasteiger partial charge in [-0.05, 0) is 49.4 Å². The zero-order valence-corrected chi connectivity index (χ0v) is 17.7. The number of hydrogen-bond acceptors (Lipinski definition) is 5. The van der Waals surface area contributed by atoms with Gasteiger partial charge in [-0.15, -0.1) is 12.4 Å². The predicted octanol–water partition coefficient (Wildman–Crippen LogP) is 1.65. The first-order valence-electron chi connectivity index (χ1n) is 9.07. The topological polar surface area (TPSA) is 108 Å². The molecular formula is C18H27ClN4O4S. The second kappa shape index (κ2) is 8.67. The summed E-state index contributed by atoms with van der Waals surface area (Å²) < 4.78 is 25.7. The second-order valence-electron chi connectivity index (χ2n) is 7.53.